The summed E-state index contributed by atoms with van der Waals surface area (Å²) in [6, 6.07) is 10.2. The van der Waals surface area contributed by atoms with Crippen molar-refractivity contribution in [2.45, 2.75) is 92.5 Å². The number of rotatable bonds is 6. The molecule has 0 aliphatic heterocycles. The Morgan fingerprint density at radius 3 is 1.45 bits per heavy atom. The molecular weight excluding hydrogens is 1010 g/mol. The molecule has 295 valence electrons. The van der Waals surface area contributed by atoms with Crippen molar-refractivity contribution in [3.05, 3.63) is 83.0 Å². The zero-order valence-corrected chi connectivity index (χ0v) is 38.5. The summed E-state index contributed by atoms with van der Waals surface area (Å²) in [5, 5.41) is 1.15. The van der Waals surface area contributed by atoms with Crippen LogP contribution in [0.5, 0.6) is 5.75 Å². The molecule has 2 aromatic heterocycles. The standard InChI is InChI=1S/C18H20F3NO5S.C18H23NO2.CH3.Pd.V.W/c1-6-26-16(23)13-9-14(27-28(24,25)18(19,20)21)11-7-10(2)8-12(15(11)22-13)17(3,4)5;1-7-21-17(20)15-10-12(3)13-8-11(2)9-14(16(13)19-15)18(4,5)6;;;;/h7-9H,6H2,1-5H3;8-10H,7H2,1-6H3;1H3;;;/q;;-1;;;. The smallest absolute Gasteiger partial charge is 0.461 e. The van der Waals surface area contributed by atoms with Crippen LogP contribution in [0.15, 0.2) is 36.4 Å². The van der Waals surface area contributed by atoms with Crippen LogP contribution >= 0.6 is 0 Å². The minimum absolute atomic E-state index is 0. The molecule has 1 radical (unpaired) electrons. The van der Waals surface area contributed by atoms with Gasteiger partial charge in [0.25, 0.3) is 0 Å². The number of benzene rings is 2. The second-order valence-corrected chi connectivity index (χ2v) is 15.2. The Balaban J connectivity index is 0. The number of aromatic nitrogens is 2. The number of ether oxygens (including phenoxy) is 2. The zero-order chi connectivity index (χ0) is 37.3. The molecule has 0 atom stereocenters. The maximum atomic E-state index is 12.8. The van der Waals surface area contributed by atoms with Gasteiger partial charge >= 0.3 is 27.6 Å². The molecular formula is C37H46F3N2O7PdSVW-. The molecule has 0 saturated carbocycles. The maximum absolute atomic E-state index is 12.8. The van der Waals surface area contributed by atoms with Crippen molar-refractivity contribution < 1.29 is 105 Å². The normalized spacial score (nSPS) is 11.4. The Kier molecular flexibility index (Phi) is 19.9. The Hall–Kier alpha value is -2.32. The molecule has 0 N–H and O–H groups in total. The van der Waals surface area contributed by atoms with E-state index >= 15 is 0 Å². The van der Waals surface area contributed by atoms with Crippen LogP contribution in [0, 0.1) is 28.2 Å². The first-order chi connectivity index (χ1) is 22.4. The Morgan fingerprint density at radius 2 is 1.08 bits per heavy atom. The molecule has 4 aromatic rings. The van der Waals surface area contributed by atoms with E-state index in [1.807, 2.05) is 33.8 Å². The van der Waals surface area contributed by atoms with Crippen molar-refractivity contribution in [1.29, 1.82) is 0 Å². The van der Waals surface area contributed by atoms with Gasteiger partial charge in [-0.05, 0) is 85.9 Å². The predicted octanol–water partition coefficient (Wildman–Crippen LogP) is 9.01. The zero-order valence-electron chi connectivity index (χ0n) is 31.8. The monoisotopic (exact) mass is 1060 g/mol. The predicted molar refractivity (Wildman–Crippen MR) is 189 cm³/mol. The fraction of sp³-hybridized carbons (Fsp3) is 0.432. The molecule has 0 fully saturated rings. The van der Waals surface area contributed by atoms with E-state index in [9.17, 15) is 31.2 Å². The number of alkyl halides is 3. The van der Waals surface area contributed by atoms with Gasteiger partial charge in [0.15, 0.2) is 11.4 Å². The summed E-state index contributed by atoms with van der Waals surface area (Å²) >= 11 is 0. The maximum Gasteiger partial charge on any atom is 0.534 e. The van der Waals surface area contributed by atoms with Crippen molar-refractivity contribution in [2.75, 3.05) is 13.2 Å². The molecule has 0 saturated heterocycles. The van der Waals surface area contributed by atoms with E-state index in [0.717, 1.165) is 28.1 Å². The summed E-state index contributed by atoms with van der Waals surface area (Å²) in [7, 11) is -5.94. The van der Waals surface area contributed by atoms with Crippen LogP contribution in [0.3, 0.4) is 0 Å². The van der Waals surface area contributed by atoms with Gasteiger partial charge in [0.2, 0.25) is 0 Å². The molecule has 0 aliphatic rings. The molecule has 16 heteroatoms. The van der Waals surface area contributed by atoms with Crippen LogP contribution < -0.4 is 4.18 Å². The number of carbonyl (C=O) groups is 2. The van der Waals surface area contributed by atoms with E-state index in [1.165, 1.54) is 11.6 Å². The first kappa shape index (κ1) is 52.8. The number of hydrogen-bond donors (Lipinski definition) is 0. The van der Waals surface area contributed by atoms with Gasteiger partial charge < -0.3 is 21.1 Å². The summed E-state index contributed by atoms with van der Waals surface area (Å²) in [6.07, 6.45) is 0. The van der Waals surface area contributed by atoms with Gasteiger partial charge in [-0.1, -0.05) is 59.2 Å². The number of carbonyl (C=O) groups excluding carboxylic acids is 2. The van der Waals surface area contributed by atoms with Crippen LogP contribution in [0.2, 0.25) is 0 Å². The van der Waals surface area contributed by atoms with Gasteiger partial charge in [0.05, 0.1) is 24.2 Å². The summed E-state index contributed by atoms with van der Waals surface area (Å²) < 4.78 is 75.9. The number of pyridine rings is 2. The van der Waals surface area contributed by atoms with Crippen molar-refractivity contribution in [3.8, 4) is 5.75 Å². The van der Waals surface area contributed by atoms with E-state index in [-0.39, 0.29) is 102 Å². The van der Waals surface area contributed by atoms with Crippen LogP contribution in [-0.4, -0.2) is 49.0 Å². The van der Waals surface area contributed by atoms with Crippen LogP contribution in [0.1, 0.15) is 104 Å². The molecule has 0 aliphatic carbocycles. The SMILES string of the molecule is CCOC(=O)c1cc(C)c2cc(C)cc(C(C)(C)C)c2n1.CCOC(=O)c1cc(OS(=O)(=O)C(F)(F)F)c2cc(C)cc(C(C)(C)C)c2n1.[CH3-].[Pd].[V].[W]. The van der Waals surface area contributed by atoms with Crippen molar-refractivity contribution in [3.63, 3.8) is 0 Å². The Bertz CT molecular complexity index is 2030. The van der Waals surface area contributed by atoms with E-state index in [2.05, 4.69) is 54.0 Å². The minimum Gasteiger partial charge on any atom is -0.461 e. The average Bonchev–Trinajstić information content (AvgIpc) is 2.95. The number of esters is 2. The molecule has 2 aromatic carbocycles. The number of aryl methyl sites for hydroxylation is 3. The molecule has 0 bridgehead atoms. The van der Waals surface area contributed by atoms with E-state index in [1.54, 1.807) is 26.8 Å². The van der Waals surface area contributed by atoms with Gasteiger partial charge in [-0.3, -0.25) is 0 Å². The molecule has 9 nitrogen and oxygen atoms in total. The number of fused-ring (bicyclic) bond motifs is 2. The summed E-state index contributed by atoms with van der Waals surface area (Å²) in [5.41, 5.74) is -0.351. The van der Waals surface area contributed by atoms with Gasteiger partial charge in [-0.25, -0.2) is 19.6 Å². The largest absolute Gasteiger partial charge is 0.534 e. The number of hydrogen-bond acceptors (Lipinski definition) is 9. The molecule has 0 amide bonds. The van der Waals surface area contributed by atoms with Gasteiger partial charge in [0, 0.05) is 76.9 Å². The molecule has 0 unspecified atom stereocenters. The third-order valence-corrected chi connectivity index (χ3v) is 8.32. The van der Waals surface area contributed by atoms with Crippen LogP contribution in [-0.2, 0) is 90.5 Å². The van der Waals surface area contributed by atoms with E-state index < -0.39 is 32.8 Å². The van der Waals surface area contributed by atoms with Gasteiger partial charge in [-0.15, -0.1) is 0 Å². The second-order valence-electron chi connectivity index (χ2n) is 13.7. The van der Waals surface area contributed by atoms with Crippen molar-refractivity contribution in [1.82, 2.24) is 9.97 Å². The first-order valence-electron chi connectivity index (χ1n) is 15.6. The summed E-state index contributed by atoms with van der Waals surface area (Å²) in [4.78, 5) is 32.9. The average molecular weight is 1060 g/mol. The topological polar surface area (TPSA) is 122 Å². The fourth-order valence-corrected chi connectivity index (χ4v) is 5.54. The molecule has 0 spiro atoms. The van der Waals surface area contributed by atoms with Crippen LogP contribution in [0.4, 0.5) is 13.2 Å². The van der Waals surface area contributed by atoms with E-state index in [4.69, 9.17) is 9.47 Å². The number of nitrogens with zero attached hydrogens (tertiary/aromatic N) is 2. The van der Waals surface area contributed by atoms with Crippen molar-refractivity contribution in [2.24, 2.45) is 0 Å². The van der Waals surface area contributed by atoms with E-state index in [0.29, 0.717) is 23.4 Å². The third-order valence-electron chi connectivity index (χ3n) is 7.35. The Morgan fingerprint density at radius 1 is 0.698 bits per heavy atom. The quantitative estimate of drug-likeness (QED) is 0.0613. The molecule has 4 rings (SSSR count). The number of halogens is 3. The third kappa shape index (κ3) is 12.9. The molecule has 53 heavy (non-hydrogen) atoms. The van der Waals surface area contributed by atoms with Crippen molar-refractivity contribution >= 4 is 43.9 Å². The van der Waals surface area contributed by atoms with Crippen LogP contribution in [0.25, 0.3) is 21.8 Å². The second kappa shape index (κ2) is 20.0. The van der Waals surface area contributed by atoms with Gasteiger partial charge in [0.1, 0.15) is 5.69 Å². The summed E-state index contributed by atoms with van der Waals surface area (Å²) in [6.45, 7) is 21.6. The minimum atomic E-state index is -5.94. The first-order valence-corrected chi connectivity index (χ1v) is 17.1. The summed E-state index contributed by atoms with van der Waals surface area (Å²) in [5.74, 6) is -1.90. The Labute approximate surface area is 350 Å². The molecule has 2 heterocycles. The van der Waals surface area contributed by atoms with Gasteiger partial charge in [-0.2, -0.15) is 21.6 Å². The fourth-order valence-electron chi connectivity index (χ4n) is 5.07.